The summed E-state index contributed by atoms with van der Waals surface area (Å²) in [6, 6.07) is 2.95. The summed E-state index contributed by atoms with van der Waals surface area (Å²) in [7, 11) is 0. The summed E-state index contributed by atoms with van der Waals surface area (Å²) in [5.74, 6) is 0.635. The molecule has 4 nitrogen and oxygen atoms in total. The van der Waals surface area contributed by atoms with Crippen molar-refractivity contribution >= 4 is 40.5 Å². The van der Waals surface area contributed by atoms with Crippen LogP contribution in [-0.2, 0) is 4.79 Å². The Morgan fingerprint density at radius 2 is 1.86 bits per heavy atom. The first-order chi connectivity index (χ1) is 9.88. The van der Waals surface area contributed by atoms with Gasteiger partial charge in [0.15, 0.2) is 0 Å². The van der Waals surface area contributed by atoms with Crippen molar-refractivity contribution in [2.75, 3.05) is 24.1 Å². The van der Waals surface area contributed by atoms with Crippen molar-refractivity contribution < 1.29 is 4.79 Å². The molecule has 1 aromatic carbocycles. The van der Waals surface area contributed by atoms with Gasteiger partial charge in [-0.3, -0.25) is 9.69 Å². The van der Waals surface area contributed by atoms with Gasteiger partial charge in [0.05, 0.1) is 21.8 Å². The fourth-order valence-electron chi connectivity index (χ4n) is 2.52. The Kier molecular flexibility index (Phi) is 5.36. The predicted molar refractivity (Wildman–Crippen MR) is 88.9 cm³/mol. The van der Waals surface area contributed by atoms with Crippen LogP contribution in [0.4, 0.5) is 11.4 Å². The molecule has 1 fully saturated rings. The van der Waals surface area contributed by atoms with Crippen molar-refractivity contribution in [3.63, 3.8) is 0 Å². The minimum Gasteiger partial charge on any atom is -0.399 e. The largest absolute Gasteiger partial charge is 0.399 e. The summed E-state index contributed by atoms with van der Waals surface area (Å²) in [5.41, 5.74) is 6.56. The van der Waals surface area contributed by atoms with Crippen LogP contribution in [0.5, 0.6) is 0 Å². The van der Waals surface area contributed by atoms with E-state index in [4.69, 9.17) is 28.9 Å². The number of piperidine rings is 1. The molecule has 1 atom stereocenters. The minimum absolute atomic E-state index is 0.0990. The Bertz CT molecular complexity index is 505. The molecule has 21 heavy (non-hydrogen) atoms. The molecule has 1 unspecified atom stereocenters. The molecule has 1 aromatic rings. The summed E-state index contributed by atoms with van der Waals surface area (Å²) in [6.45, 7) is 6.04. The maximum Gasteiger partial charge on any atom is 0.241 e. The monoisotopic (exact) mass is 329 g/mol. The molecule has 6 heteroatoms. The first-order valence-electron chi connectivity index (χ1n) is 7.18. The average Bonchev–Trinajstić information content (AvgIpc) is 2.42. The number of rotatable bonds is 3. The van der Waals surface area contributed by atoms with Crippen LogP contribution in [0.25, 0.3) is 0 Å². The normalized spacial score (nSPS) is 18.5. The number of benzene rings is 1. The van der Waals surface area contributed by atoms with E-state index in [9.17, 15) is 4.79 Å². The number of likely N-dealkylation sites (tertiary alicyclic amines) is 1. The van der Waals surface area contributed by atoms with Crippen molar-refractivity contribution in [1.29, 1.82) is 0 Å². The minimum atomic E-state index is -0.206. The molecule has 2 rings (SSSR count). The summed E-state index contributed by atoms with van der Waals surface area (Å²) >= 11 is 12.2. The smallest absolute Gasteiger partial charge is 0.241 e. The molecule has 0 radical (unpaired) electrons. The van der Waals surface area contributed by atoms with Gasteiger partial charge in [0, 0.05) is 5.69 Å². The lowest BCUT2D eigenvalue weighted by Crippen LogP contribution is -2.45. The number of nitrogen functional groups attached to an aromatic ring is 1. The molecule has 0 saturated carbocycles. The number of carbonyl (C=O) groups excluding carboxylic acids is 1. The molecule has 1 saturated heterocycles. The Morgan fingerprint density at radius 3 is 2.38 bits per heavy atom. The predicted octanol–water partition coefficient (Wildman–Crippen LogP) is 3.63. The van der Waals surface area contributed by atoms with Gasteiger partial charge >= 0.3 is 0 Å². The SMILES string of the molecule is CC1CCN(C(C)C(=O)Nc2c(Cl)cc(N)cc2Cl)CC1. The van der Waals surface area contributed by atoms with E-state index in [0.29, 0.717) is 21.4 Å². The Morgan fingerprint density at radius 1 is 1.33 bits per heavy atom. The van der Waals surface area contributed by atoms with E-state index in [-0.39, 0.29) is 11.9 Å². The second kappa shape index (κ2) is 6.86. The molecule has 116 valence electrons. The lowest BCUT2D eigenvalue weighted by Gasteiger charge is -2.34. The summed E-state index contributed by atoms with van der Waals surface area (Å²) in [5, 5.41) is 3.52. The molecule has 1 heterocycles. The fraction of sp³-hybridized carbons (Fsp3) is 0.533. The third-order valence-corrected chi connectivity index (χ3v) is 4.65. The van der Waals surface area contributed by atoms with Crippen molar-refractivity contribution in [2.45, 2.75) is 32.7 Å². The maximum absolute atomic E-state index is 12.4. The lowest BCUT2D eigenvalue weighted by molar-refractivity contribution is -0.121. The highest BCUT2D eigenvalue weighted by Gasteiger charge is 2.25. The number of nitrogens with one attached hydrogen (secondary N) is 1. The number of anilines is 2. The number of nitrogens with two attached hydrogens (primary N) is 1. The van der Waals surface area contributed by atoms with E-state index in [1.54, 1.807) is 12.1 Å². The molecule has 0 aliphatic carbocycles. The van der Waals surface area contributed by atoms with Crippen LogP contribution in [0.15, 0.2) is 12.1 Å². The van der Waals surface area contributed by atoms with Gasteiger partial charge in [0.2, 0.25) is 5.91 Å². The third-order valence-electron chi connectivity index (χ3n) is 4.06. The standard InChI is InChI=1S/C15H21Cl2N3O/c1-9-3-5-20(6-4-9)10(2)15(21)19-14-12(16)7-11(18)8-13(14)17/h7-10H,3-6,18H2,1-2H3,(H,19,21). The second-order valence-electron chi connectivity index (χ2n) is 5.74. The van der Waals surface area contributed by atoms with Gasteiger partial charge in [-0.2, -0.15) is 0 Å². The molecule has 1 aliphatic rings. The lowest BCUT2D eigenvalue weighted by atomic mass is 9.98. The van der Waals surface area contributed by atoms with Gasteiger partial charge in [-0.15, -0.1) is 0 Å². The molecule has 0 bridgehead atoms. The van der Waals surface area contributed by atoms with E-state index >= 15 is 0 Å². The molecule has 0 aromatic heterocycles. The van der Waals surface area contributed by atoms with Crippen LogP contribution < -0.4 is 11.1 Å². The van der Waals surface area contributed by atoms with Crippen LogP contribution in [-0.4, -0.2) is 29.9 Å². The van der Waals surface area contributed by atoms with E-state index < -0.39 is 0 Å². The topological polar surface area (TPSA) is 58.4 Å². The van der Waals surface area contributed by atoms with E-state index in [1.807, 2.05) is 6.92 Å². The first kappa shape index (κ1) is 16.4. The molecule has 1 aliphatic heterocycles. The Balaban J connectivity index is 2.04. The summed E-state index contributed by atoms with van der Waals surface area (Å²) in [4.78, 5) is 14.6. The zero-order valence-electron chi connectivity index (χ0n) is 12.3. The van der Waals surface area contributed by atoms with E-state index in [1.165, 1.54) is 0 Å². The number of hydrogen-bond donors (Lipinski definition) is 2. The van der Waals surface area contributed by atoms with Crippen LogP contribution in [0.1, 0.15) is 26.7 Å². The van der Waals surface area contributed by atoms with E-state index in [0.717, 1.165) is 31.8 Å². The quantitative estimate of drug-likeness (QED) is 0.832. The van der Waals surface area contributed by atoms with Crippen molar-refractivity contribution in [2.24, 2.45) is 5.92 Å². The maximum atomic E-state index is 12.4. The van der Waals surface area contributed by atoms with Crippen molar-refractivity contribution in [3.05, 3.63) is 22.2 Å². The highest BCUT2D eigenvalue weighted by molar-refractivity contribution is 6.40. The van der Waals surface area contributed by atoms with Crippen molar-refractivity contribution in [1.82, 2.24) is 4.90 Å². The van der Waals surface area contributed by atoms with Gasteiger partial charge in [-0.1, -0.05) is 30.1 Å². The number of amides is 1. The third kappa shape index (κ3) is 4.02. The van der Waals surface area contributed by atoms with Crippen LogP contribution in [0.2, 0.25) is 10.0 Å². The average molecular weight is 330 g/mol. The van der Waals surface area contributed by atoms with Gasteiger partial charge in [-0.25, -0.2) is 0 Å². The summed E-state index contributed by atoms with van der Waals surface area (Å²) in [6.07, 6.45) is 2.25. The highest BCUT2D eigenvalue weighted by atomic mass is 35.5. The molecule has 0 spiro atoms. The van der Waals surface area contributed by atoms with Gasteiger partial charge in [0.1, 0.15) is 0 Å². The number of hydrogen-bond acceptors (Lipinski definition) is 3. The first-order valence-corrected chi connectivity index (χ1v) is 7.93. The molecule has 3 N–H and O–H groups in total. The number of nitrogens with zero attached hydrogens (tertiary/aromatic N) is 1. The second-order valence-corrected chi connectivity index (χ2v) is 6.56. The van der Waals surface area contributed by atoms with Crippen LogP contribution in [0, 0.1) is 5.92 Å². The van der Waals surface area contributed by atoms with Crippen LogP contribution in [0.3, 0.4) is 0 Å². The number of carbonyl (C=O) groups is 1. The Hall–Kier alpha value is -0.970. The summed E-state index contributed by atoms with van der Waals surface area (Å²) < 4.78 is 0. The van der Waals surface area contributed by atoms with Gasteiger partial charge in [0.25, 0.3) is 0 Å². The van der Waals surface area contributed by atoms with Crippen LogP contribution >= 0.6 is 23.2 Å². The molecular formula is C15H21Cl2N3O. The molecule has 1 amide bonds. The van der Waals surface area contributed by atoms with Gasteiger partial charge in [-0.05, 0) is 50.9 Å². The fourth-order valence-corrected chi connectivity index (χ4v) is 3.12. The molecular weight excluding hydrogens is 309 g/mol. The van der Waals surface area contributed by atoms with E-state index in [2.05, 4.69) is 17.1 Å². The van der Waals surface area contributed by atoms with Gasteiger partial charge < -0.3 is 11.1 Å². The van der Waals surface area contributed by atoms with Crippen molar-refractivity contribution in [3.8, 4) is 0 Å². The highest BCUT2D eigenvalue weighted by Crippen LogP contribution is 2.33. The zero-order chi connectivity index (χ0) is 15.6. The number of halogens is 2. The zero-order valence-corrected chi connectivity index (χ0v) is 13.8. The Labute approximate surface area is 135 Å².